The van der Waals surface area contributed by atoms with Gasteiger partial charge in [0, 0.05) is 0 Å². The van der Waals surface area contributed by atoms with Gasteiger partial charge in [-0.1, -0.05) is 30.3 Å². The number of nitrogens with two attached hydrogens (primary N) is 1. The zero-order chi connectivity index (χ0) is 13.1. The van der Waals surface area contributed by atoms with E-state index in [9.17, 15) is 22.8 Å². The van der Waals surface area contributed by atoms with E-state index in [1.165, 1.54) is 12.1 Å². The normalized spacial score (nSPS) is 12.9. The van der Waals surface area contributed by atoms with Gasteiger partial charge in [0.15, 0.2) is 0 Å². The number of esters is 2. The first kappa shape index (κ1) is 13.2. The van der Waals surface area contributed by atoms with Crippen molar-refractivity contribution in [3.63, 3.8) is 0 Å². The molecule has 0 aliphatic carbocycles. The molecule has 0 saturated heterocycles. The highest BCUT2D eigenvalue weighted by molar-refractivity contribution is 5.91. The lowest BCUT2D eigenvalue weighted by Crippen LogP contribution is -2.32. The highest BCUT2D eigenvalue weighted by atomic mass is 19.4. The van der Waals surface area contributed by atoms with Gasteiger partial charge in [0.1, 0.15) is 6.04 Å². The van der Waals surface area contributed by atoms with Crippen LogP contribution in [-0.4, -0.2) is 18.1 Å². The van der Waals surface area contributed by atoms with Gasteiger partial charge in [-0.05, 0) is 5.56 Å². The van der Waals surface area contributed by atoms with Gasteiger partial charge in [-0.15, -0.1) is 0 Å². The van der Waals surface area contributed by atoms with Crippen molar-refractivity contribution in [2.75, 3.05) is 0 Å². The number of halogens is 3. The van der Waals surface area contributed by atoms with Crippen molar-refractivity contribution >= 4 is 11.9 Å². The molecule has 0 saturated carbocycles. The molecule has 1 atom stereocenters. The summed E-state index contributed by atoms with van der Waals surface area (Å²) < 4.78 is 39.0. The Balaban J connectivity index is 2.69. The molecular formula is C10H8F3NO3. The Bertz CT molecular complexity index is 417. The van der Waals surface area contributed by atoms with E-state index in [-0.39, 0.29) is 5.56 Å². The van der Waals surface area contributed by atoms with Crippen LogP contribution in [0.15, 0.2) is 30.3 Å². The summed E-state index contributed by atoms with van der Waals surface area (Å²) in [6.45, 7) is 0. The Hall–Kier alpha value is -1.89. The molecule has 1 rings (SSSR count). The largest absolute Gasteiger partial charge is 0.491 e. The number of hydrogen-bond donors (Lipinski definition) is 1. The van der Waals surface area contributed by atoms with Crippen LogP contribution in [-0.2, 0) is 14.3 Å². The van der Waals surface area contributed by atoms with Crippen LogP contribution in [0, 0.1) is 0 Å². The third kappa shape index (κ3) is 3.56. The van der Waals surface area contributed by atoms with Crippen LogP contribution >= 0.6 is 0 Å². The van der Waals surface area contributed by atoms with E-state index in [1.807, 2.05) is 0 Å². The van der Waals surface area contributed by atoms with Crippen LogP contribution in [0.3, 0.4) is 0 Å². The molecule has 0 radical (unpaired) electrons. The molecule has 7 heteroatoms. The maximum Gasteiger partial charge on any atom is 0.491 e. The number of ether oxygens (including phenoxy) is 1. The second-order valence-corrected chi connectivity index (χ2v) is 3.09. The van der Waals surface area contributed by atoms with Crippen LogP contribution in [0.1, 0.15) is 11.6 Å². The van der Waals surface area contributed by atoms with Gasteiger partial charge in [-0.2, -0.15) is 13.2 Å². The van der Waals surface area contributed by atoms with E-state index in [4.69, 9.17) is 5.73 Å². The number of carbonyl (C=O) groups excluding carboxylic acids is 2. The quantitative estimate of drug-likeness (QED) is 0.632. The molecule has 0 aliphatic rings. The van der Waals surface area contributed by atoms with Crippen LogP contribution in [0.25, 0.3) is 0 Å². The maximum absolute atomic E-state index is 11.8. The zero-order valence-electron chi connectivity index (χ0n) is 8.40. The Morgan fingerprint density at radius 3 is 2.18 bits per heavy atom. The lowest BCUT2D eigenvalue weighted by atomic mass is 10.1. The number of carbonyl (C=O) groups is 2. The molecule has 0 aromatic heterocycles. The first-order valence-electron chi connectivity index (χ1n) is 4.45. The third-order valence-corrected chi connectivity index (χ3v) is 1.84. The van der Waals surface area contributed by atoms with Crippen molar-refractivity contribution in [2.45, 2.75) is 12.2 Å². The fourth-order valence-electron chi connectivity index (χ4n) is 1.01. The molecule has 4 nitrogen and oxygen atoms in total. The SMILES string of the molecule is N[C@H](C(=O)OC(=O)C(F)(F)F)c1ccccc1. The van der Waals surface area contributed by atoms with Crippen LogP contribution < -0.4 is 5.73 Å². The minimum absolute atomic E-state index is 0.257. The predicted octanol–water partition coefficient (Wildman–Crippen LogP) is 1.32. The van der Waals surface area contributed by atoms with Gasteiger partial charge < -0.3 is 10.5 Å². The number of alkyl halides is 3. The molecule has 0 spiro atoms. The van der Waals surface area contributed by atoms with Crippen molar-refractivity contribution < 1.29 is 27.5 Å². The minimum Gasteiger partial charge on any atom is -0.385 e. The molecule has 2 N–H and O–H groups in total. The topological polar surface area (TPSA) is 69.4 Å². The van der Waals surface area contributed by atoms with Crippen molar-refractivity contribution in [2.24, 2.45) is 5.73 Å². The molecule has 0 aliphatic heterocycles. The molecular weight excluding hydrogens is 239 g/mol. The summed E-state index contributed by atoms with van der Waals surface area (Å²) >= 11 is 0. The average Bonchev–Trinajstić information content (AvgIpc) is 2.27. The highest BCUT2D eigenvalue weighted by Crippen LogP contribution is 2.18. The van der Waals surface area contributed by atoms with E-state index in [1.54, 1.807) is 18.2 Å². The maximum atomic E-state index is 11.8. The Labute approximate surface area is 94.2 Å². The molecule has 0 amide bonds. The summed E-state index contributed by atoms with van der Waals surface area (Å²) in [5, 5.41) is 0. The predicted molar refractivity (Wildman–Crippen MR) is 50.5 cm³/mol. The second kappa shape index (κ2) is 4.96. The molecule has 0 bridgehead atoms. The fraction of sp³-hybridized carbons (Fsp3) is 0.200. The first-order chi connectivity index (χ1) is 7.82. The van der Waals surface area contributed by atoms with E-state index in [0.717, 1.165) is 0 Å². The van der Waals surface area contributed by atoms with Gasteiger partial charge in [0.25, 0.3) is 0 Å². The smallest absolute Gasteiger partial charge is 0.385 e. The molecule has 17 heavy (non-hydrogen) atoms. The van der Waals surface area contributed by atoms with E-state index in [0.29, 0.717) is 0 Å². The van der Waals surface area contributed by atoms with E-state index >= 15 is 0 Å². The Kier molecular flexibility index (Phi) is 3.84. The third-order valence-electron chi connectivity index (χ3n) is 1.84. The average molecular weight is 247 g/mol. The zero-order valence-corrected chi connectivity index (χ0v) is 8.40. The lowest BCUT2D eigenvalue weighted by Gasteiger charge is -2.11. The first-order valence-corrected chi connectivity index (χ1v) is 4.45. The Morgan fingerprint density at radius 2 is 1.71 bits per heavy atom. The molecule has 1 aromatic carbocycles. The van der Waals surface area contributed by atoms with Crippen molar-refractivity contribution in [3.05, 3.63) is 35.9 Å². The van der Waals surface area contributed by atoms with Crippen LogP contribution in [0.5, 0.6) is 0 Å². The number of rotatable bonds is 2. The standard InChI is InChI=1S/C10H8F3NO3/c11-10(12,13)9(16)17-8(15)7(14)6-4-2-1-3-5-6/h1-5,7H,14H2/t7-/m0/s1. The summed E-state index contributed by atoms with van der Waals surface area (Å²) in [5.41, 5.74) is 5.59. The highest BCUT2D eigenvalue weighted by Gasteiger charge is 2.43. The van der Waals surface area contributed by atoms with Gasteiger partial charge in [0.2, 0.25) is 0 Å². The monoisotopic (exact) mass is 247 g/mol. The Morgan fingerprint density at radius 1 is 1.18 bits per heavy atom. The number of hydrogen-bond acceptors (Lipinski definition) is 4. The minimum atomic E-state index is -5.22. The second-order valence-electron chi connectivity index (χ2n) is 3.09. The molecule has 0 fully saturated rings. The molecule has 0 unspecified atom stereocenters. The van der Waals surface area contributed by atoms with E-state index < -0.39 is 24.2 Å². The van der Waals surface area contributed by atoms with Gasteiger partial charge in [0.05, 0.1) is 0 Å². The van der Waals surface area contributed by atoms with Crippen molar-refractivity contribution in [1.82, 2.24) is 0 Å². The van der Waals surface area contributed by atoms with Crippen LogP contribution in [0.2, 0.25) is 0 Å². The van der Waals surface area contributed by atoms with Crippen molar-refractivity contribution in [1.29, 1.82) is 0 Å². The summed E-state index contributed by atoms with van der Waals surface area (Å²) in [4.78, 5) is 21.5. The lowest BCUT2D eigenvalue weighted by molar-refractivity contribution is -0.202. The van der Waals surface area contributed by atoms with Crippen LogP contribution in [0.4, 0.5) is 13.2 Å². The van der Waals surface area contributed by atoms with Gasteiger partial charge in [-0.3, -0.25) is 0 Å². The summed E-state index contributed by atoms with van der Waals surface area (Å²) in [6, 6.07) is 6.18. The summed E-state index contributed by atoms with van der Waals surface area (Å²) in [7, 11) is 0. The molecule has 0 heterocycles. The van der Waals surface area contributed by atoms with Crippen molar-refractivity contribution in [3.8, 4) is 0 Å². The molecule has 92 valence electrons. The molecule has 1 aromatic rings. The fourth-order valence-corrected chi connectivity index (χ4v) is 1.01. The summed E-state index contributed by atoms with van der Waals surface area (Å²) in [6.07, 6.45) is -5.22. The van der Waals surface area contributed by atoms with Gasteiger partial charge in [-0.25, -0.2) is 9.59 Å². The van der Waals surface area contributed by atoms with Gasteiger partial charge >= 0.3 is 18.1 Å². The number of benzene rings is 1. The van der Waals surface area contributed by atoms with E-state index in [2.05, 4.69) is 4.74 Å². The summed E-state index contributed by atoms with van der Waals surface area (Å²) in [5.74, 6) is -4.02.